The zero-order valence-electron chi connectivity index (χ0n) is 13.1. The molecule has 6 nitrogen and oxygen atoms in total. The van der Waals surface area contributed by atoms with Gasteiger partial charge in [-0.25, -0.2) is 0 Å². The van der Waals surface area contributed by atoms with Crippen LogP contribution >= 0.6 is 35.3 Å². The van der Waals surface area contributed by atoms with E-state index in [1.807, 2.05) is 24.3 Å². The Labute approximate surface area is 161 Å². The van der Waals surface area contributed by atoms with Crippen molar-refractivity contribution in [3.05, 3.63) is 53.2 Å². The molecule has 0 saturated heterocycles. The van der Waals surface area contributed by atoms with Gasteiger partial charge in [0.15, 0.2) is 5.96 Å². The van der Waals surface area contributed by atoms with Gasteiger partial charge < -0.3 is 20.3 Å². The summed E-state index contributed by atoms with van der Waals surface area (Å²) in [5, 5.41) is 21.6. The standard InChI is InChI=1S/C16H18N4O2S.HI/c1-17-16(18-9-12-6-7-22-20-12)19-10-13(21)15-8-11-4-2-3-5-14(11)23-15;/h2-8,13,21H,9-10H2,1H3,(H2,17,18,19);1H. The number of aliphatic hydroxyl groups excluding tert-OH is 1. The number of fused-ring (bicyclic) bond motifs is 1. The first-order valence-electron chi connectivity index (χ1n) is 7.26. The first-order chi connectivity index (χ1) is 11.3. The molecule has 0 aliphatic carbocycles. The van der Waals surface area contributed by atoms with Crippen molar-refractivity contribution in [3.8, 4) is 0 Å². The summed E-state index contributed by atoms with van der Waals surface area (Å²) in [6, 6.07) is 11.9. The second-order valence-electron chi connectivity index (χ2n) is 5.00. The van der Waals surface area contributed by atoms with Gasteiger partial charge in [0.1, 0.15) is 18.1 Å². The highest BCUT2D eigenvalue weighted by molar-refractivity contribution is 14.0. The molecule has 0 aliphatic rings. The fourth-order valence-electron chi connectivity index (χ4n) is 2.18. The van der Waals surface area contributed by atoms with Crippen molar-refractivity contribution in [1.82, 2.24) is 15.8 Å². The van der Waals surface area contributed by atoms with Gasteiger partial charge in [-0.2, -0.15) is 0 Å². The summed E-state index contributed by atoms with van der Waals surface area (Å²) in [4.78, 5) is 5.06. The molecule has 1 aromatic carbocycles. The number of hydrogen-bond donors (Lipinski definition) is 3. The highest BCUT2D eigenvalue weighted by Crippen LogP contribution is 2.29. The molecule has 0 radical (unpaired) electrons. The first-order valence-corrected chi connectivity index (χ1v) is 8.08. The topological polar surface area (TPSA) is 82.7 Å². The predicted octanol–water partition coefficient (Wildman–Crippen LogP) is 2.91. The average Bonchev–Trinajstić information content (AvgIpc) is 3.23. The van der Waals surface area contributed by atoms with Crippen LogP contribution in [0.5, 0.6) is 0 Å². The Hall–Kier alpha value is -1.65. The van der Waals surface area contributed by atoms with E-state index in [-0.39, 0.29) is 24.0 Å². The van der Waals surface area contributed by atoms with Gasteiger partial charge in [-0.05, 0) is 17.5 Å². The summed E-state index contributed by atoms with van der Waals surface area (Å²) < 4.78 is 5.95. The van der Waals surface area contributed by atoms with Crippen molar-refractivity contribution in [2.45, 2.75) is 12.6 Å². The van der Waals surface area contributed by atoms with Crippen LogP contribution in [0.4, 0.5) is 0 Å². The van der Waals surface area contributed by atoms with Gasteiger partial charge in [0.25, 0.3) is 0 Å². The number of aliphatic hydroxyl groups is 1. The summed E-state index contributed by atoms with van der Waals surface area (Å²) in [5.74, 6) is 0.605. The molecule has 1 atom stereocenters. The molecule has 2 aromatic heterocycles. The number of rotatable bonds is 5. The van der Waals surface area contributed by atoms with Crippen molar-refractivity contribution >= 4 is 51.4 Å². The number of nitrogens with one attached hydrogen (secondary N) is 2. The summed E-state index contributed by atoms with van der Waals surface area (Å²) in [6.07, 6.45) is 0.941. The average molecular weight is 458 g/mol. The lowest BCUT2D eigenvalue weighted by atomic mass is 10.2. The Balaban J connectivity index is 0.00000208. The molecule has 3 N–H and O–H groups in total. The molecule has 0 bridgehead atoms. The van der Waals surface area contributed by atoms with Crippen molar-refractivity contribution in [2.24, 2.45) is 4.99 Å². The number of hydrogen-bond acceptors (Lipinski definition) is 5. The van der Waals surface area contributed by atoms with E-state index in [4.69, 9.17) is 4.52 Å². The number of benzene rings is 1. The SMILES string of the molecule is CN=C(NCc1ccon1)NCC(O)c1cc2ccccc2s1.I. The monoisotopic (exact) mass is 458 g/mol. The van der Waals surface area contributed by atoms with Crippen LogP contribution in [0.3, 0.4) is 0 Å². The minimum Gasteiger partial charge on any atom is -0.386 e. The minimum absolute atomic E-state index is 0. The number of aliphatic imine (C=N–C) groups is 1. The number of halogens is 1. The van der Waals surface area contributed by atoms with Crippen molar-refractivity contribution in [1.29, 1.82) is 0 Å². The van der Waals surface area contributed by atoms with Crippen LogP contribution in [0.25, 0.3) is 10.1 Å². The molecule has 3 aromatic rings. The third kappa shape index (κ3) is 4.68. The third-order valence-electron chi connectivity index (χ3n) is 3.39. The third-order valence-corrected chi connectivity index (χ3v) is 4.60. The Bertz CT molecular complexity index is 755. The largest absolute Gasteiger partial charge is 0.386 e. The van der Waals surface area contributed by atoms with Crippen LogP contribution in [0.1, 0.15) is 16.7 Å². The normalized spacial score (nSPS) is 12.7. The number of aromatic nitrogens is 1. The zero-order valence-corrected chi connectivity index (χ0v) is 16.2. The molecule has 2 heterocycles. The molecule has 8 heteroatoms. The summed E-state index contributed by atoms with van der Waals surface area (Å²) in [7, 11) is 1.68. The molecule has 0 aliphatic heterocycles. The lowest BCUT2D eigenvalue weighted by molar-refractivity contribution is 0.184. The Morgan fingerprint density at radius 1 is 1.33 bits per heavy atom. The van der Waals surface area contributed by atoms with E-state index in [2.05, 4.69) is 26.8 Å². The van der Waals surface area contributed by atoms with Crippen molar-refractivity contribution < 1.29 is 9.63 Å². The van der Waals surface area contributed by atoms with Gasteiger partial charge in [0.2, 0.25) is 0 Å². The second-order valence-corrected chi connectivity index (χ2v) is 6.12. The Morgan fingerprint density at radius 2 is 2.17 bits per heavy atom. The second kappa shape index (κ2) is 9.00. The highest BCUT2D eigenvalue weighted by Gasteiger charge is 2.12. The fourth-order valence-corrected chi connectivity index (χ4v) is 3.23. The fraction of sp³-hybridized carbons (Fsp3) is 0.250. The van der Waals surface area contributed by atoms with Gasteiger partial charge >= 0.3 is 0 Å². The molecular formula is C16H19IN4O2S. The zero-order chi connectivity index (χ0) is 16.1. The van der Waals surface area contributed by atoms with Crippen LogP contribution in [-0.2, 0) is 6.54 Å². The first kappa shape index (κ1) is 18.7. The molecule has 0 amide bonds. The van der Waals surface area contributed by atoms with Crippen molar-refractivity contribution in [2.75, 3.05) is 13.6 Å². The number of guanidine groups is 1. The van der Waals surface area contributed by atoms with E-state index < -0.39 is 6.10 Å². The minimum atomic E-state index is -0.585. The van der Waals surface area contributed by atoms with Crippen LogP contribution in [-0.4, -0.2) is 29.8 Å². The van der Waals surface area contributed by atoms with E-state index in [0.717, 1.165) is 16.0 Å². The summed E-state index contributed by atoms with van der Waals surface area (Å²) in [5.41, 5.74) is 0.790. The van der Waals surface area contributed by atoms with E-state index >= 15 is 0 Å². The smallest absolute Gasteiger partial charge is 0.191 e. The molecule has 0 fully saturated rings. The maximum absolute atomic E-state index is 10.4. The number of nitrogens with zero attached hydrogens (tertiary/aromatic N) is 2. The van der Waals surface area contributed by atoms with Gasteiger partial charge in [0.05, 0.1) is 6.54 Å². The van der Waals surface area contributed by atoms with E-state index in [9.17, 15) is 5.11 Å². The van der Waals surface area contributed by atoms with E-state index in [0.29, 0.717) is 19.0 Å². The van der Waals surface area contributed by atoms with E-state index in [1.54, 1.807) is 24.5 Å². The van der Waals surface area contributed by atoms with Gasteiger partial charge in [0, 0.05) is 29.2 Å². The maximum Gasteiger partial charge on any atom is 0.191 e. The maximum atomic E-state index is 10.4. The lowest BCUT2D eigenvalue weighted by Crippen LogP contribution is -2.38. The van der Waals surface area contributed by atoms with E-state index in [1.165, 1.54) is 11.0 Å². The summed E-state index contributed by atoms with van der Waals surface area (Å²) >= 11 is 1.60. The number of thiophene rings is 1. The van der Waals surface area contributed by atoms with Crippen molar-refractivity contribution in [3.63, 3.8) is 0 Å². The molecule has 0 spiro atoms. The molecule has 0 saturated carbocycles. The van der Waals surface area contributed by atoms with Gasteiger partial charge in [-0.15, -0.1) is 35.3 Å². The molecule has 24 heavy (non-hydrogen) atoms. The van der Waals surface area contributed by atoms with Gasteiger partial charge in [-0.1, -0.05) is 23.4 Å². The Morgan fingerprint density at radius 3 is 2.88 bits per heavy atom. The van der Waals surface area contributed by atoms with Crippen LogP contribution in [0, 0.1) is 0 Å². The van der Waals surface area contributed by atoms with Gasteiger partial charge in [-0.3, -0.25) is 4.99 Å². The lowest BCUT2D eigenvalue weighted by Gasteiger charge is -2.13. The predicted molar refractivity (Wildman–Crippen MR) is 107 cm³/mol. The van der Waals surface area contributed by atoms with Crippen LogP contribution in [0.2, 0.25) is 0 Å². The molecule has 1 unspecified atom stereocenters. The van der Waals surface area contributed by atoms with Crippen LogP contribution in [0.15, 0.2) is 52.2 Å². The quantitative estimate of drug-likeness (QED) is 0.311. The molecule has 3 rings (SSSR count). The summed E-state index contributed by atoms with van der Waals surface area (Å²) in [6.45, 7) is 0.889. The Kier molecular flexibility index (Phi) is 7.00. The van der Waals surface area contributed by atoms with Crippen LogP contribution < -0.4 is 10.6 Å². The molecule has 128 valence electrons. The highest BCUT2D eigenvalue weighted by atomic mass is 127. The molecular weight excluding hydrogens is 439 g/mol.